The standard InChI is InChI=1S/C31H51N7O10/c1-19(2)11-20(30(45)46)12-26(41)23(5-3-4-6-32)35-28(43)21(16-39)13-27(42)25(17-40)36-29(44)24(14-22-15-33-18-34-22)37-31(47)38-7-9-48-10-8-38/h15,18-21,23-25,39-40H,3-14,16-17,32H2,1-2H3,(H,33,34)(H,35,43)(H,36,44)(H,37,47)(H,45,46)/t20-,21+,23+,24+,25+/m1/s1. The first-order valence-electron chi connectivity index (χ1n) is 16.3. The molecular formula is C31H51N7O10. The highest BCUT2D eigenvalue weighted by Crippen LogP contribution is 2.19. The number of morpholine rings is 1. The molecule has 9 N–H and O–H groups in total. The Kier molecular flexibility index (Phi) is 17.7. The van der Waals surface area contributed by atoms with Gasteiger partial charge in [-0.15, -0.1) is 0 Å². The van der Waals surface area contributed by atoms with Crippen molar-refractivity contribution in [3.05, 3.63) is 18.2 Å². The molecule has 4 amide bonds. The summed E-state index contributed by atoms with van der Waals surface area (Å²) in [5.41, 5.74) is 6.10. The van der Waals surface area contributed by atoms with Crippen molar-refractivity contribution >= 4 is 35.4 Å². The van der Waals surface area contributed by atoms with Crippen LogP contribution in [0.1, 0.15) is 58.1 Å². The molecule has 5 atom stereocenters. The minimum Gasteiger partial charge on any atom is -0.481 e. The van der Waals surface area contributed by atoms with E-state index in [0.29, 0.717) is 51.4 Å². The molecular weight excluding hydrogens is 630 g/mol. The number of hydrogen-bond acceptors (Lipinski definition) is 11. The monoisotopic (exact) mass is 681 g/mol. The van der Waals surface area contributed by atoms with Gasteiger partial charge >= 0.3 is 12.0 Å². The molecule has 1 saturated heterocycles. The molecule has 0 radical (unpaired) electrons. The first-order chi connectivity index (χ1) is 22.9. The fourth-order valence-corrected chi connectivity index (χ4v) is 5.28. The Morgan fingerprint density at radius 3 is 2.12 bits per heavy atom. The number of unbranched alkanes of at least 4 members (excludes halogenated alkanes) is 1. The lowest BCUT2D eigenvalue weighted by Gasteiger charge is -2.29. The van der Waals surface area contributed by atoms with Gasteiger partial charge in [-0.05, 0) is 38.1 Å². The number of Topliss-reactive ketones (excluding diaryl/α,β-unsaturated/α-hetero) is 2. The number of hydrogen-bond donors (Lipinski definition) is 8. The number of nitrogens with one attached hydrogen (secondary N) is 4. The van der Waals surface area contributed by atoms with Crippen LogP contribution in [0.4, 0.5) is 4.79 Å². The molecule has 0 spiro atoms. The van der Waals surface area contributed by atoms with Crippen molar-refractivity contribution < 1.29 is 48.8 Å². The summed E-state index contributed by atoms with van der Waals surface area (Å²) in [6.07, 6.45) is 3.46. The van der Waals surface area contributed by atoms with Crippen molar-refractivity contribution in [2.75, 3.05) is 46.1 Å². The maximum absolute atomic E-state index is 13.3. The molecule has 1 aromatic rings. The Morgan fingerprint density at radius 1 is 0.917 bits per heavy atom. The molecule has 17 nitrogen and oxygen atoms in total. The van der Waals surface area contributed by atoms with Crippen LogP contribution < -0.4 is 21.7 Å². The summed E-state index contributed by atoms with van der Waals surface area (Å²) in [4.78, 5) is 85.8. The molecule has 2 heterocycles. The Labute approximate surface area is 279 Å². The van der Waals surface area contributed by atoms with Gasteiger partial charge in [0.1, 0.15) is 12.1 Å². The Hall–Kier alpha value is -3.93. The molecule has 1 aliphatic rings. The topological polar surface area (TPSA) is 266 Å². The summed E-state index contributed by atoms with van der Waals surface area (Å²) >= 11 is 0. The summed E-state index contributed by atoms with van der Waals surface area (Å²) in [5, 5.41) is 37.3. The zero-order chi connectivity index (χ0) is 35.6. The van der Waals surface area contributed by atoms with Gasteiger partial charge < -0.3 is 51.6 Å². The smallest absolute Gasteiger partial charge is 0.318 e. The van der Waals surface area contributed by atoms with Gasteiger partial charge in [0.05, 0.1) is 50.6 Å². The normalized spacial score (nSPS) is 16.3. The summed E-state index contributed by atoms with van der Waals surface area (Å²) in [6, 6.07) is -4.21. The molecule has 2 rings (SSSR count). The van der Waals surface area contributed by atoms with Gasteiger partial charge in [-0.1, -0.05) is 13.8 Å². The molecule has 0 aliphatic carbocycles. The quantitative estimate of drug-likeness (QED) is 0.0666. The van der Waals surface area contributed by atoms with Crippen LogP contribution in [0.2, 0.25) is 0 Å². The molecule has 270 valence electrons. The number of H-pyrrole nitrogens is 1. The Bertz CT molecular complexity index is 1190. The number of urea groups is 1. The van der Waals surface area contributed by atoms with E-state index in [9.17, 15) is 44.1 Å². The van der Waals surface area contributed by atoms with Gasteiger partial charge in [0.25, 0.3) is 0 Å². The highest BCUT2D eigenvalue weighted by Gasteiger charge is 2.33. The molecule has 48 heavy (non-hydrogen) atoms. The van der Waals surface area contributed by atoms with Crippen LogP contribution in [-0.4, -0.2) is 130 Å². The van der Waals surface area contributed by atoms with E-state index in [-0.39, 0.29) is 31.6 Å². The van der Waals surface area contributed by atoms with E-state index in [0.717, 1.165) is 0 Å². The third-order valence-electron chi connectivity index (χ3n) is 8.02. The number of carboxylic acid groups (broad SMARTS) is 1. The highest BCUT2D eigenvalue weighted by molar-refractivity contribution is 5.96. The van der Waals surface area contributed by atoms with Gasteiger partial charge in [0, 0.05) is 44.2 Å². The van der Waals surface area contributed by atoms with Crippen molar-refractivity contribution in [3.63, 3.8) is 0 Å². The van der Waals surface area contributed by atoms with E-state index in [4.69, 9.17) is 10.5 Å². The van der Waals surface area contributed by atoms with Gasteiger partial charge in [0.2, 0.25) is 11.8 Å². The molecule has 0 aromatic carbocycles. The number of ether oxygens (including phenoxy) is 1. The number of aliphatic carboxylic acids is 1. The van der Waals surface area contributed by atoms with Crippen LogP contribution in [0.3, 0.4) is 0 Å². The fourth-order valence-electron chi connectivity index (χ4n) is 5.28. The molecule has 0 bridgehead atoms. The number of carboxylic acids is 1. The molecule has 0 unspecified atom stereocenters. The Morgan fingerprint density at radius 2 is 1.56 bits per heavy atom. The number of aliphatic hydroxyl groups is 2. The maximum Gasteiger partial charge on any atom is 0.318 e. The number of nitrogens with two attached hydrogens (primary N) is 1. The lowest BCUT2D eigenvalue weighted by atomic mass is 9.89. The van der Waals surface area contributed by atoms with Crippen LogP contribution in [-0.2, 0) is 35.1 Å². The lowest BCUT2D eigenvalue weighted by Crippen LogP contribution is -2.57. The summed E-state index contributed by atoms with van der Waals surface area (Å²) in [6.45, 7) is 3.75. The van der Waals surface area contributed by atoms with E-state index < -0.39 is 85.0 Å². The second-order valence-electron chi connectivity index (χ2n) is 12.4. The number of aromatic nitrogens is 2. The van der Waals surface area contributed by atoms with Gasteiger partial charge in [0.15, 0.2) is 11.6 Å². The van der Waals surface area contributed by atoms with Crippen LogP contribution in [0.25, 0.3) is 0 Å². The number of rotatable bonds is 22. The number of carbonyl (C=O) groups excluding carboxylic acids is 5. The van der Waals surface area contributed by atoms with Crippen molar-refractivity contribution in [2.24, 2.45) is 23.5 Å². The predicted octanol–water partition coefficient (Wildman–Crippen LogP) is -1.27. The lowest BCUT2D eigenvalue weighted by molar-refractivity contribution is -0.144. The van der Waals surface area contributed by atoms with Crippen molar-refractivity contribution in [1.82, 2.24) is 30.8 Å². The van der Waals surface area contributed by atoms with E-state index in [1.807, 2.05) is 13.8 Å². The molecule has 17 heteroatoms. The summed E-state index contributed by atoms with van der Waals surface area (Å²) in [5.74, 6) is -6.21. The van der Waals surface area contributed by atoms with Crippen LogP contribution in [0.15, 0.2) is 12.5 Å². The molecule has 1 fully saturated rings. The van der Waals surface area contributed by atoms with Gasteiger partial charge in [-0.3, -0.25) is 24.0 Å². The SMILES string of the molecule is CC(C)C[C@H](CC(=O)[C@H](CCCCN)NC(=O)[C@H](CO)CC(=O)[C@H](CO)NC(=O)[C@H](Cc1cnc[nH]1)NC(=O)N1CCOCC1)C(=O)O. The highest BCUT2D eigenvalue weighted by atomic mass is 16.5. The third-order valence-corrected chi connectivity index (χ3v) is 8.02. The zero-order valence-electron chi connectivity index (χ0n) is 27.7. The number of nitrogens with zero attached hydrogens (tertiary/aromatic N) is 2. The number of aliphatic hydroxyl groups excluding tert-OH is 2. The number of ketones is 2. The first kappa shape index (κ1) is 40.2. The average molecular weight is 682 g/mol. The minimum absolute atomic E-state index is 0.00456. The summed E-state index contributed by atoms with van der Waals surface area (Å²) < 4.78 is 5.26. The summed E-state index contributed by atoms with van der Waals surface area (Å²) in [7, 11) is 0. The van der Waals surface area contributed by atoms with Crippen molar-refractivity contribution in [3.8, 4) is 0 Å². The van der Waals surface area contributed by atoms with E-state index >= 15 is 0 Å². The molecule has 0 saturated carbocycles. The molecule has 1 aliphatic heterocycles. The number of carbonyl (C=O) groups is 6. The third kappa shape index (κ3) is 13.7. The minimum atomic E-state index is -1.47. The number of imidazole rings is 1. The molecule has 1 aromatic heterocycles. The largest absolute Gasteiger partial charge is 0.481 e. The van der Waals surface area contributed by atoms with Crippen molar-refractivity contribution in [1.29, 1.82) is 0 Å². The maximum atomic E-state index is 13.3. The van der Waals surface area contributed by atoms with Crippen molar-refractivity contribution in [2.45, 2.75) is 76.9 Å². The van der Waals surface area contributed by atoms with E-state index in [1.165, 1.54) is 17.4 Å². The second kappa shape index (κ2) is 21.1. The fraction of sp³-hybridized carbons (Fsp3) is 0.710. The van der Waals surface area contributed by atoms with E-state index in [2.05, 4.69) is 25.9 Å². The van der Waals surface area contributed by atoms with E-state index in [1.54, 1.807) is 0 Å². The van der Waals surface area contributed by atoms with Crippen LogP contribution in [0.5, 0.6) is 0 Å². The van der Waals surface area contributed by atoms with Gasteiger partial charge in [-0.25, -0.2) is 9.78 Å². The van der Waals surface area contributed by atoms with Gasteiger partial charge in [-0.2, -0.15) is 0 Å². The Balaban J connectivity index is 2.10. The average Bonchev–Trinajstić information content (AvgIpc) is 3.58. The van der Waals surface area contributed by atoms with Crippen LogP contribution in [0, 0.1) is 17.8 Å². The zero-order valence-corrected chi connectivity index (χ0v) is 27.7. The number of amides is 4. The number of aromatic amines is 1. The first-order valence-corrected chi connectivity index (χ1v) is 16.3. The predicted molar refractivity (Wildman–Crippen MR) is 171 cm³/mol. The second-order valence-corrected chi connectivity index (χ2v) is 12.4. The van der Waals surface area contributed by atoms with Crippen LogP contribution >= 0.6 is 0 Å².